The normalized spacial score (nSPS) is 13.9. The lowest BCUT2D eigenvalue weighted by molar-refractivity contribution is -0.385. The molecule has 2 aromatic carbocycles. The molecule has 0 N–H and O–H groups in total. The first-order valence-corrected chi connectivity index (χ1v) is 9.35. The molecule has 1 heterocycles. The number of hydrogen-bond donors (Lipinski definition) is 0. The molecule has 8 nitrogen and oxygen atoms in total. The number of halogens is 1. The third kappa shape index (κ3) is 2.99. The van der Waals surface area contributed by atoms with Gasteiger partial charge < -0.3 is 0 Å². The number of amides is 2. The monoisotopic (exact) mass is 380 g/mol. The van der Waals surface area contributed by atoms with Gasteiger partial charge in [0.05, 0.1) is 21.9 Å². The fourth-order valence-electron chi connectivity index (χ4n) is 2.68. The van der Waals surface area contributed by atoms with Gasteiger partial charge in [0.25, 0.3) is 17.5 Å². The highest BCUT2D eigenvalue weighted by Gasteiger charge is 2.42. The van der Waals surface area contributed by atoms with E-state index in [4.69, 9.17) is 10.7 Å². The fourth-order valence-corrected chi connectivity index (χ4v) is 3.64. The summed E-state index contributed by atoms with van der Waals surface area (Å²) in [6, 6.07) is 9.57. The van der Waals surface area contributed by atoms with Crippen molar-refractivity contribution in [1.29, 1.82) is 0 Å². The molecule has 0 saturated heterocycles. The van der Waals surface area contributed by atoms with Gasteiger partial charge in [-0.05, 0) is 17.7 Å². The quantitative estimate of drug-likeness (QED) is 0.348. The van der Waals surface area contributed by atoms with Crippen LogP contribution >= 0.6 is 10.7 Å². The van der Waals surface area contributed by atoms with Crippen LogP contribution in [0.1, 0.15) is 26.3 Å². The molecule has 0 bridgehead atoms. The van der Waals surface area contributed by atoms with Crippen molar-refractivity contribution in [3.8, 4) is 0 Å². The Morgan fingerprint density at radius 2 is 1.72 bits per heavy atom. The number of nitro groups is 1. The SMILES string of the molecule is O=C1c2cccc([N+](=O)[O-])c2C(=O)N1c1ccccc1CS(=O)(=O)Cl. The molecule has 0 fully saturated rings. The summed E-state index contributed by atoms with van der Waals surface area (Å²) in [5.74, 6) is -2.24. The van der Waals surface area contributed by atoms with Crippen LogP contribution in [0.15, 0.2) is 42.5 Å². The molecule has 0 aliphatic carbocycles. The van der Waals surface area contributed by atoms with Crippen molar-refractivity contribution < 1.29 is 22.9 Å². The summed E-state index contributed by atoms with van der Waals surface area (Å²) in [5.41, 5.74) is -0.758. The van der Waals surface area contributed by atoms with Crippen LogP contribution in [-0.2, 0) is 14.8 Å². The molecule has 0 aromatic heterocycles. The zero-order valence-electron chi connectivity index (χ0n) is 12.4. The maximum Gasteiger partial charge on any atom is 0.283 e. The van der Waals surface area contributed by atoms with Crippen molar-refractivity contribution in [2.45, 2.75) is 5.75 Å². The average molecular weight is 381 g/mol. The van der Waals surface area contributed by atoms with Crippen LogP contribution in [0.4, 0.5) is 11.4 Å². The van der Waals surface area contributed by atoms with Crippen molar-refractivity contribution in [1.82, 2.24) is 0 Å². The van der Waals surface area contributed by atoms with Crippen LogP contribution in [-0.4, -0.2) is 25.2 Å². The van der Waals surface area contributed by atoms with E-state index in [9.17, 15) is 28.1 Å². The van der Waals surface area contributed by atoms with Crippen molar-refractivity contribution >= 4 is 42.9 Å². The van der Waals surface area contributed by atoms with Gasteiger partial charge in [0.15, 0.2) is 0 Å². The molecular formula is C15H9ClN2O6S. The third-order valence-electron chi connectivity index (χ3n) is 3.65. The van der Waals surface area contributed by atoms with E-state index in [1.165, 1.54) is 36.4 Å². The van der Waals surface area contributed by atoms with Gasteiger partial charge >= 0.3 is 0 Å². The van der Waals surface area contributed by atoms with E-state index in [0.29, 0.717) is 0 Å². The first-order valence-electron chi connectivity index (χ1n) is 6.87. The number of rotatable bonds is 4. The highest BCUT2D eigenvalue weighted by atomic mass is 35.7. The number of anilines is 1. The van der Waals surface area contributed by atoms with Crippen molar-refractivity contribution in [3.63, 3.8) is 0 Å². The topological polar surface area (TPSA) is 115 Å². The van der Waals surface area contributed by atoms with Gasteiger partial charge in [0.2, 0.25) is 9.05 Å². The van der Waals surface area contributed by atoms with Gasteiger partial charge in [-0.25, -0.2) is 13.3 Å². The Morgan fingerprint density at radius 3 is 2.36 bits per heavy atom. The van der Waals surface area contributed by atoms with E-state index in [-0.39, 0.29) is 22.4 Å². The fraction of sp³-hybridized carbons (Fsp3) is 0.0667. The van der Waals surface area contributed by atoms with Gasteiger partial charge in [-0.15, -0.1) is 0 Å². The first kappa shape index (κ1) is 17.1. The number of carbonyl (C=O) groups is 2. The summed E-state index contributed by atoms with van der Waals surface area (Å²) >= 11 is 0. The van der Waals surface area contributed by atoms with Gasteiger partial charge in [-0.3, -0.25) is 19.7 Å². The number of imide groups is 1. The minimum absolute atomic E-state index is 0.0206. The van der Waals surface area contributed by atoms with Gasteiger partial charge in [0, 0.05) is 16.7 Å². The Morgan fingerprint density at radius 1 is 1.04 bits per heavy atom. The first-order chi connectivity index (χ1) is 11.7. The van der Waals surface area contributed by atoms with Gasteiger partial charge in [0.1, 0.15) is 5.56 Å². The zero-order chi connectivity index (χ0) is 18.4. The summed E-state index contributed by atoms with van der Waals surface area (Å²) < 4.78 is 22.8. The molecule has 2 amide bonds. The molecule has 1 aliphatic rings. The summed E-state index contributed by atoms with van der Waals surface area (Å²) in [7, 11) is 1.33. The lowest BCUT2D eigenvalue weighted by atomic mass is 10.1. The molecule has 0 atom stereocenters. The Balaban J connectivity index is 2.16. The molecule has 10 heteroatoms. The Hall–Kier alpha value is -2.78. The summed E-state index contributed by atoms with van der Waals surface area (Å²) in [6.45, 7) is 0. The van der Waals surface area contributed by atoms with Crippen LogP contribution in [0.2, 0.25) is 0 Å². The lowest BCUT2D eigenvalue weighted by Crippen LogP contribution is -2.30. The van der Waals surface area contributed by atoms with Crippen molar-refractivity contribution in [2.75, 3.05) is 4.90 Å². The highest BCUT2D eigenvalue weighted by Crippen LogP contribution is 2.35. The average Bonchev–Trinajstić information content (AvgIpc) is 2.78. The molecule has 2 aromatic rings. The largest absolute Gasteiger partial charge is 0.283 e. The van der Waals surface area contributed by atoms with Gasteiger partial charge in [-0.1, -0.05) is 24.3 Å². The van der Waals surface area contributed by atoms with E-state index in [0.717, 1.165) is 11.0 Å². The summed E-state index contributed by atoms with van der Waals surface area (Å²) in [6.07, 6.45) is 0. The molecule has 128 valence electrons. The van der Waals surface area contributed by atoms with Crippen LogP contribution < -0.4 is 4.90 Å². The Bertz CT molecular complexity index is 1030. The maximum absolute atomic E-state index is 12.7. The van der Waals surface area contributed by atoms with Crippen LogP contribution in [0.3, 0.4) is 0 Å². The van der Waals surface area contributed by atoms with Gasteiger partial charge in [-0.2, -0.15) is 0 Å². The Labute approximate surface area is 146 Å². The van der Waals surface area contributed by atoms with E-state index in [1.54, 1.807) is 0 Å². The molecule has 25 heavy (non-hydrogen) atoms. The number of carbonyl (C=O) groups excluding carboxylic acids is 2. The zero-order valence-corrected chi connectivity index (χ0v) is 14.0. The number of benzene rings is 2. The van der Waals surface area contributed by atoms with Crippen molar-refractivity contribution in [2.24, 2.45) is 0 Å². The molecule has 0 saturated carbocycles. The Kier molecular flexibility index (Phi) is 4.05. The number of para-hydroxylation sites is 1. The molecular weight excluding hydrogens is 372 g/mol. The molecule has 0 unspecified atom stereocenters. The summed E-state index contributed by atoms with van der Waals surface area (Å²) in [4.78, 5) is 36.4. The minimum Gasteiger partial charge on any atom is -0.268 e. The second kappa shape index (κ2) is 5.94. The summed E-state index contributed by atoms with van der Waals surface area (Å²) in [5, 5.41) is 11.1. The predicted octanol–water partition coefficient (Wildman–Crippen LogP) is 2.46. The smallest absolute Gasteiger partial charge is 0.268 e. The number of nitro benzene ring substituents is 1. The molecule has 3 rings (SSSR count). The van der Waals surface area contributed by atoms with E-state index in [2.05, 4.69) is 0 Å². The second-order valence-corrected chi connectivity index (χ2v) is 7.99. The minimum atomic E-state index is -3.94. The molecule has 0 radical (unpaired) electrons. The number of hydrogen-bond acceptors (Lipinski definition) is 6. The predicted molar refractivity (Wildman–Crippen MR) is 89.2 cm³/mol. The maximum atomic E-state index is 12.7. The van der Waals surface area contributed by atoms with Crippen LogP contribution in [0, 0.1) is 10.1 Å². The lowest BCUT2D eigenvalue weighted by Gasteiger charge is -2.17. The second-order valence-electron chi connectivity index (χ2n) is 5.21. The van der Waals surface area contributed by atoms with E-state index < -0.39 is 37.2 Å². The van der Waals surface area contributed by atoms with Crippen LogP contribution in [0.25, 0.3) is 0 Å². The number of nitrogens with zero attached hydrogens (tertiary/aromatic N) is 2. The highest BCUT2D eigenvalue weighted by molar-refractivity contribution is 8.13. The number of fused-ring (bicyclic) bond motifs is 1. The third-order valence-corrected chi connectivity index (χ3v) is 4.63. The van der Waals surface area contributed by atoms with Crippen molar-refractivity contribution in [3.05, 3.63) is 69.3 Å². The molecule has 1 aliphatic heterocycles. The van der Waals surface area contributed by atoms with E-state index in [1.807, 2.05) is 0 Å². The van der Waals surface area contributed by atoms with E-state index >= 15 is 0 Å². The van der Waals surface area contributed by atoms with Crippen LogP contribution in [0.5, 0.6) is 0 Å². The molecule has 0 spiro atoms. The standard InChI is InChI=1S/C15H9ClN2O6S/c16-25(23,24)8-9-4-1-2-6-11(9)17-14(19)10-5-3-7-12(18(21)22)13(10)15(17)20/h1-7H,8H2.